The number of aryl methyl sites for hydroxylation is 1. The minimum atomic E-state index is 0.509. The Labute approximate surface area is 129 Å². The number of halogens is 1. The number of aromatic nitrogens is 2. The third-order valence-corrected chi connectivity index (χ3v) is 3.80. The van der Waals surface area contributed by atoms with E-state index in [9.17, 15) is 0 Å². The fourth-order valence-corrected chi connectivity index (χ4v) is 2.31. The van der Waals surface area contributed by atoms with Crippen LogP contribution in [0, 0.1) is 0 Å². The average molecular weight is 304 g/mol. The summed E-state index contributed by atoms with van der Waals surface area (Å²) < 4.78 is 5.78. The van der Waals surface area contributed by atoms with Gasteiger partial charge in [0.25, 0.3) is 0 Å². The van der Waals surface area contributed by atoms with Gasteiger partial charge in [-0.1, -0.05) is 18.5 Å². The molecule has 0 spiro atoms. The topological polar surface area (TPSA) is 47.0 Å². The lowest BCUT2D eigenvalue weighted by Crippen LogP contribution is -2.16. The van der Waals surface area contributed by atoms with Crippen molar-refractivity contribution in [1.82, 2.24) is 15.3 Å². The van der Waals surface area contributed by atoms with Crippen molar-refractivity contribution < 1.29 is 4.74 Å². The SMILES string of the molecule is CCc1cc(Oc2cncc(CNC3CC3)n2)ccc1Cl. The van der Waals surface area contributed by atoms with Gasteiger partial charge in [-0.05, 0) is 43.0 Å². The van der Waals surface area contributed by atoms with Gasteiger partial charge < -0.3 is 10.1 Å². The molecular formula is C16H18ClN3O. The summed E-state index contributed by atoms with van der Waals surface area (Å²) >= 11 is 6.11. The maximum Gasteiger partial charge on any atom is 0.238 e. The highest BCUT2D eigenvalue weighted by Crippen LogP contribution is 2.25. The van der Waals surface area contributed by atoms with Gasteiger partial charge in [-0.15, -0.1) is 0 Å². The van der Waals surface area contributed by atoms with Crippen molar-refractivity contribution in [2.45, 2.75) is 38.8 Å². The molecular weight excluding hydrogens is 286 g/mol. The number of nitrogens with zero attached hydrogens (tertiary/aromatic N) is 2. The molecule has 4 nitrogen and oxygen atoms in total. The number of ether oxygens (including phenoxy) is 1. The van der Waals surface area contributed by atoms with Crippen molar-refractivity contribution >= 4 is 11.6 Å². The normalized spacial score (nSPS) is 14.2. The molecule has 1 heterocycles. The Bertz CT molecular complexity index is 629. The monoisotopic (exact) mass is 303 g/mol. The quantitative estimate of drug-likeness (QED) is 0.883. The van der Waals surface area contributed by atoms with Gasteiger partial charge in [-0.3, -0.25) is 4.98 Å². The van der Waals surface area contributed by atoms with E-state index in [1.807, 2.05) is 18.2 Å². The minimum Gasteiger partial charge on any atom is -0.437 e. The fourth-order valence-electron chi connectivity index (χ4n) is 2.06. The molecule has 1 fully saturated rings. The van der Waals surface area contributed by atoms with Crippen molar-refractivity contribution in [1.29, 1.82) is 0 Å². The first-order valence-corrected chi connectivity index (χ1v) is 7.63. The highest BCUT2D eigenvalue weighted by atomic mass is 35.5. The summed E-state index contributed by atoms with van der Waals surface area (Å²) in [7, 11) is 0. The second-order valence-corrected chi connectivity index (χ2v) is 5.62. The number of hydrogen-bond donors (Lipinski definition) is 1. The standard InChI is InChI=1S/C16H18ClN3O/c1-2-11-7-14(5-6-15(11)17)21-16-10-18-8-13(20-16)9-19-12-3-4-12/h5-8,10,12,19H,2-4,9H2,1H3. The Kier molecular flexibility index (Phi) is 4.36. The molecule has 0 radical (unpaired) electrons. The first-order valence-electron chi connectivity index (χ1n) is 7.25. The molecule has 0 bridgehead atoms. The van der Waals surface area contributed by atoms with E-state index in [1.165, 1.54) is 12.8 Å². The zero-order valence-electron chi connectivity index (χ0n) is 12.0. The van der Waals surface area contributed by atoms with Crippen LogP contribution in [0.1, 0.15) is 31.0 Å². The molecule has 1 aromatic carbocycles. The van der Waals surface area contributed by atoms with Crippen molar-refractivity contribution in [3.63, 3.8) is 0 Å². The van der Waals surface area contributed by atoms with Gasteiger partial charge in [0.1, 0.15) is 5.75 Å². The molecule has 21 heavy (non-hydrogen) atoms. The second kappa shape index (κ2) is 6.41. The Morgan fingerprint density at radius 3 is 2.95 bits per heavy atom. The lowest BCUT2D eigenvalue weighted by molar-refractivity contribution is 0.455. The summed E-state index contributed by atoms with van der Waals surface area (Å²) in [5.41, 5.74) is 1.96. The van der Waals surface area contributed by atoms with Gasteiger partial charge in [0.05, 0.1) is 11.9 Å². The van der Waals surface area contributed by atoms with Crippen molar-refractivity contribution in [2.24, 2.45) is 0 Å². The molecule has 110 valence electrons. The van der Waals surface area contributed by atoms with Gasteiger partial charge in [-0.25, -0.2) is 4.98 Å². The van der Waals surface area contributed by atoms with E-state index in [0.29, 0.717) is 11.9 Å². The summed E-state index contributed by atoms with van der Waals surface area (Å²) in [5, 5.41) is 4.18. The van der Waals surface area contributed by atoms with E-state index in [4.69, 9.17) is 16.3 Å². The zero-order chi connectivity index (χ0) is 14.7. The molecule has 0 aliphatic heterocycles. The predicted molar refractivity (Wildman–Crippen MR) is 82.8 cm³/mol. The Morgan fingerprint density at radius 2 is 2.19 bits per heavy atom. The van der Waals surface area contributed by atoms with Crippen LogP contribution in [0.4, 0.5) is 0 Å². The molecule has 5 heteroatoms. The molecule has 0 atom stereocenters. The van der Waals surface area contributed by atoms with Crippen molar-refractivity contribution in [3.8, 4) is 11.6 Å². The molecule has 0 unspecified atom stereocenters. The third kappa shape index (κ3) is 3.93. The molecule has 1 aliphatic rings. The van der Waals surface area contributed by atoms with E-state index in [1.54, 1.807) is 12.4 Å². The van der Waals surface area contributed by atoms with Crippen LogP contribution in [0.5, 0.6) is 11.6 Å². The van der Waals surface area contributed by atoms with E-state index in [0.717, 1.165) is 35.0 Å². The largest absolute Gasteiger partial charge is 0.437 e. The Morgan fingerprint density at radius 1 is 1.33 bits per heavy atom. The summed E-state index contributed by atoms with van der Waals surface area (Å²) in [4.78, 5) is 8.65. The van der Waals surface area contributed by atoms with E-state index in [2.05, 4.69) is 22.2 Å². The van der Waals surface area contributed by atoms with Crippen LogP contribution >= 0.6 is 11.6 Å². The highest BCUT2D eigenvalue weighted by molar-refractivity contribution is 6.31. The minimum absolute atomic E-state index is 0.509. The van der Waals surface area contributed by atoms with Crippen LogP contribution in [-0.4, -0.2) is 16.0 Å². The van der Waals surface area contributed by atoms with Gasteiger partial charge in [-0.2, -0.15) is 0 Å². The lowest BCUT2D eigenvalue weighted by atomic mass is 10.1. The molecule has 1 N–H and O–H groups in total. The average Bonchev–Trinajstić information content (AvgIpc) is 3.32. The second-order valence-electron chi connectivity index (χ2n) is 5.21. The van der Waals surface area contributed by atoms with Crippen LogP contribution in [0.3, 0.4) is 0 Å². The highest BCUT2D eigenvalue weighted by Gasteiger charge is 2.20. The molecule has 1 saturated carbocycles. The van der Waals surface area contributed by atoms with E-state index >= 15 is 0 Å². The molecule has 1 aliphatic carbocycles. The zero-order valence-corrected chi connectivity index (χ0v) is 12.7. The van der Waals surface area contributed by atoms with Crippen LogP contribution in [-0.2, 0) is 13.0 Å². The molecule has 2 aromatic rings. The van der Waals surface area contributed by atoms with Crippen LogP contribution < -0.4 is 10.1 Å². The summed E-state index contributed by atoms with van der Waals surface area (Å²) in [5.74, 6) is 1.24. The molecule has 0 saturated heterocycles. The van der Waals surface area contributed by atoms with Crippen molar-refractivity contribution in [2.75, 3.05) is 0 Å². The predicted octanol–water partition coefficient (Wildman–Crippen LogP) is 3.74. The smallest absolute Gasteiger partial charge is 0.238 e. The number of rotatable bonds is 6. The van der Waals surface area contributed by atoms with E-state index < -0.39 is 0 Å². The summed E-state index contributed by atoms with van der Waals surface area (Å²) in [6.07, 6.45) is 6.78. The molecule has 0 amide bonds. The fraction of sp³-hybridized carbons (Fsp3) is 0.375. The molecule has 1 aromatic heterocycles. The van der Waals surface area contributed by atoms with Gasteiger partial charge >= 0.3 is 0 Å². The summed E-state index contributed by atoms with van der Waals surface area (Å²) in [6, 6.07) is 6.29. The van der Waals surface area contributed by atoms with Gasteiger partial charge in [0.15, 0.2) is 0 Å². The maximum atomic E-state index is 6.11. The first kappa shape index (κ1) is 14.3. The molecule has 3 rings (SSSR count). The maximum absolute atomic E-state index is 6.11. The van der Waals surface area contributed by atoms with Crippen LogP contribution in [0.2, 0.25) is 5.02 Å². The van der Waals surface area contributed by atoms with Crippen LogP contribution in [0.25, 0.3) is 0 Å². The number of benzene rings is 1. The Hall–Kier alpha value is -1.65. The van der Waals surface area contributed by atoms with Gasteiger partial charge in [0.2, 0.25) is 5.88 Å². The number of nitrogens with one attached hydrogen (secondary N) is 1. The van der Waals surface area contributed by atoms with Gasteiger partial charge in [0, 0.05) is 23.8 Å². The van der Waals surface area contributed by atoms with Crippen molar-refractivity contribution in [3.05, 3.63) is 46.9 Å². The first-order chi connectivity index (χ1) is 10.2. The third-order valence-electron chi connectivity index (χ3n) is 3.43. The summed E-state index contributed by atoms with van der Waals surface area (Å²) in [6.45, 7) is 2.80. The Balaban J connectivity index is 1.70. The van der Waals surface area contributed by atoms with E-state index in [-0.39, 0.29) is 0 Å². The lowest BCUT2D eigenvalue weighted by Gasteiger charge is -2.08. The number of hydrogen-bond acceptors (Lipinski definition) is 4. The van der Waals surface area contributed by atoms with Crippen LogP contribution in [0.15, 0.2) is 30.6 Å².